The minimum absolute atomic E-state index is 0. The zero-order valence-electron chi connectivity index (χ0n) is 8.73. The van der Waals surface area contributed by atoms with E-state index in [2.05, 4.69) is 10.6 Å². The number of hydrogen-bond donors (Lipinski definition) is 2. The molecule has 1 aromatic rings. The third kappa shape index (κ3) is 3.46. The monoisotopic (exact) mass is 228 g/mol. The largest absolute Gasteiger partial charge is 1.00 e. The quantitative estimate of drug-likeness (QED) is 0.322. The summed E-state index contributed by atoms with van der Waals surface area (Å²) in [4.78, 5) is 21.9. The Bertz CT molecular complexity index is 417. The van der Waals surface area contributed by atoms with Crippen LogP contribution in [-0.2, 0) is 4.79 Å². The summed E-state index contributed by atoms with van der Waals surface area (Å²) in [5.41, 5.74) is 1.15. The van der Waals surface area contributed by atoms with Gasteiger partial charge < -0.3 is 10.8 Å². The Morgan fingerprint density at radius 2 is 1.62 bits per heavy atom. The van der Waals surface area contributed by atoms with E-state index in [1.165, 1.54) is 0 Å². The maximum Gasteiger partial charge on any atom is 1.00 e. The van der Waals surface area contributed by atoms with Crippen LogP contribution in [0.2, 0.25) is 0 Å². The van der Waals surface area contributed by atoms with E-state index >= 15 is 0 Å². The molecular weight excluding hydrogens is 219 g/mol. The van der Waals surface area contributed by atoms with Crippen molar-refractivity contribution in [2.24, 2.45) is 0 Å². The van der Waals surface area contributed by atoms with Gasteiger partial charge in [0.1, 0.15) is 5.70 Å². The molecule has 3 N–H and O–H groups in total. The molecule has 1 heterocycles. The first kappa shape index (κ1) is 14.9. The Morgan fingerprint density at radius 1 is 1.00 bits per heavy atom. The molecule has 0 radical (unpaired) electrons. The first-order chi connectivity index (χ1) is 6.75. The molecule has 0 saturated carbocycles. The van der Waals surface area contributed by atoms with Gasteiger partial charge in [0, 0.05) is 0 Å². The van der Waals surface area contributed by atoms with Crippen LogP contribution in [-0.4, -0.2) is 17.4 Å². The molecule has 1 fully saturated rings. The number of rotatable bonds is 1. The number of urea groups is 1. The molecule has 3 amide bonds. The number of carbonyl (C=O) groups excluding carboxylic acids is 2. The van der Waals surface area contributed by atoms with E-state index in [-0.39, 0.29) is 46.6 Å². The summed E-state index contributed by atoms with van der Waals surface area (Å²) in [6.07, 6.45) is 1.63. The van der Waals surface area contributed by atoms with Crippen molar-refractivity contribution in [1.82, 2.24) is 10.6 Å². The number of benzene rings is 1. The van der Waals surface area contributed by atoms with Crippen molar-refractivity contribution >= 4 is 18.0 Å². The molecule has 0 bridgehead atoms. The second-order valence-electron chi connectivity index (χ2n) is 2.88. The average Bonchev–Trinajstić information content (AvgIpc) is 2.47. The van der Waals surface area contributed by atoms with Crippen LogP contribution < -0.4 is 40.2 Å². The summed E-state index contributed by atoms with van der Waals surface area (Å²) in [6, 6.07) is 8.84. The molecule has 0 aromatic heterocycles. The average molecular weight is 228 g/mol. The van der Waals surface area contributed by atoms with E-state index in [1.54, 1.807) is 6.08 Å². The van der Waals surface area contributed by atoms with Crippen molar-refractivity contribution in [3.63, 3.8) is 0 Å². The van der Waals surface area contributed by atoms with Crippen molar-refractivity contribution in [2.45, 2.75) is 0 Å². The van der Waals surface area contributed by atoms with E-state index in [0.29, 0.717) is 0 Å². The van der Waals surface area contributed by atoms with E-state index in [9.17, 15) is 9.59 Å². The Kier molecular flexibility index (Phi) is 5.98. The smallest absolute Gasteiger partial charge is 0.870 e. The topological polar surface area (TPSA) is 88.2 Å². The predicted molar refractivity (Wildman–Crippen MR) is 53.0 cm³/mol. The summed E-state index contributed by atoms with van der Waals surface area (Å²) in [5, 5.41) is 4.54. The molecule has 0 atom stereocenters. The first-order valence-electron chi connectivity index (χ1n) is 4.15. The Hall–Kier alpha value is -1.14. The van der Waals surface area contributed by atoms with Gasteiger partial charge in [-0.3, -0.25) is 10.1 Å². The molecule has 1 saturated heterocycles. The van der Waals surface area contributed by atoms with Crippen molar-refractivity contribution in [1.29, 1.82) is 0 Å². The summed E-state index contributed by atoms with van der Waals surface area (Å²) in [7, 11) is 0. The Morgan fingerprint density at radius 3 is 2.12 bits per heavy atom. The van der Waals surface area contributed by atoms with E-state index in [4.69, 9.17) is 0 Å². The van der Waals surface area contributed by atoms with E-state index < -0.39 is 6.03 Å². The molecule has 0 aliphatic carbocycles. The molecule has 1 aliphatic heterocycles. The molecule has 78 valence electrons. The third-order valence-electron chi connectivity index (χ3n) is 1.83. The van der Waals surface area contributed by atoms with E-state index in [1.807, 2.05) is 30.3 Å². The van der Waals surface area contributed by atoms with Gasteiger partial charge in [-0.05, 0) is 11.6 Å². The zero-order chi connectivity index (χ0) is 9.97. The summed E-state index contributed by atoms with van der Waals surface area (Å²) in [6.45, 7) is 0. The van der Waals surface area contributed by atoms with Gasteiger partial charge in [-0.25, -0.2) is 4.79 Å². The SMILES string of the molecule is O=C1NC(=O)C(=Cc2ccccc2)N1.[Na+].[OH-]. The fraction of sp³-hybridized carbons (Fsp3) is 0. The molecule has 5 nitrogen and oxygen atoms in total. The van der Waals surface area contributed by atoms with Gasteiger partial charge in [0.15, 0.2) is 0 Å². The normalized spacial score (nSPS) is 15.9. The Balaban J connectivity index is 0.00000112. The third-order valence-corrected chi connectivity index (χ3v) is 1.83. The molecular formula is C10H9N2NaO3. The number of amides is 3. The van der Waals surface area contributed by atoms with Crippen LogP contribution in [0.25, 0.3) is 6.08 Å². The summed E-state index contributed by atoms with van der Waals surface area (Å²) >= 11 is 0. The maximum atomic E-state index is 11.1. The second-order valence-corrected chi connectivity index (χ2v) is 2.88. The van der Waals surface area contributed by atoms with Crippen LogP contribution >= 0.6 is 0 Å². The standard InChI is InChI=1S/C10H8N2O2.Na.H2O/c13-9-8(11-10(14)12-9)6-7-4-2-1-3-5-7;;/h1-6H,(H2,11,12,13,14);;1H2/q;+1;/p-1. The van der Waals surface area contributed by atoms with Crippen molar-refractivity contribution in [3.05, 3.63) is 41.6 Å². The fourth-order valence-corrected chi connectivity index (χ4v) is 1.20. The van der Waals surface area contributed by atoms with E-state index in [0.717, 1.165) is 5.56 Å². The molecule has 0 spiro atoms. The van der Waals surface area contributed by atoms with Crippen LogP contribution in [0.4, 0.5) is 4.79 Å². The summed E-state index contributed by atoms with van der Waals surface area (Å²) in [5.74, 6) is -0.390. The van der Waals surface area contributed by atoms with Crippen molar-refractivity contribution in [3.8, 4) is 0 Å². The van der Waals surface area contributed by atoms with Crippen LogP contribution in [0.3, 0.4) is 0 Å². The second kappa shape index (κ2) is 6.44. The maximum absolute atomic E-state index is 11.1. The number of carbonyl (C=O) groups is 2. The summed E-state index contributed by atoms with van der Waals surface area (Å²) < 4.78 is 0. The fourth-order valence-electron chi connectivity index (χ4n) is 1.20. The number of hydrogen-bond acceptors (Lipinski definition) is 3. The van der Waals surface area contributed by atoms with Crippen LogP contribution in [0.5, 0.6) is 0 Å². The van der Waals surface area contributed by atoms with Crippen LogP contribution in [0.1, 0.15) is 5.56 Å². The molecule has 16 heavy (non-hydrogen) atoms. The Labute approximate surface area is 115 Å². The van der Waals surface area contributed by atoms with Gasteiger partial charge in [0.2, 0.25) is 0 Å². The number of imide groups is 1. The molecule has 1 aromatic carbocycles. The van der Waals surface area contributed by atoms with Crippen LogP contribution in [0.15, 0.2) is 36.0 Å². The molecule has 2 rings (SSSR count). The molecule has 6 heteroatoms. The van der Waals surface area contributed by atoms with Crippen molar-refractivity contribution < 1.29 is 44.6 Å². The van der Waals surface area contributed by atoms with Gasteiger partial charge in [0.05, 0.1) is 0 Å². The number of nitrogens with one attached hydrogen (secondary N) is 2. The predicted octanol–water partition coefficient (Wildman–Crippen LogP) is -2.31. The van der Waals surface area contributed by atoms with Crippen LogP contribution in [0, 0.1) is 0 Å². The van der Waals surface area contributed by atoms with Gasteiger partial charge in [-0.1, -0.05) is 30.3 Å². The van der Waals surface area contributed by atoms with Gasteiger partial charge in [-0.2, -0.15) is 0 Å². The minimum Gasteiger partial charge on any atom is -0.870 e. The molecule has 1 aliphatic rings. The van der Waals surface area contributed by atoms with Gasteiger partial charge >= 0.3 is 35.6 Å². The zero-order valence-corrected chi connectivity index (χ0v) is 10.7. The minimum atomic E-state index is -0.475. The van der Waals surface area contributed by atoms with Gasteiger partial charge in [-0.15, -0.1) is 0 Å². The van der Waals surface area contributed by atoms with Crippen molar-refractivity contribution in [2.75, 3.05) is 0 Å². The molecule has 0 unspecified atom stereocenters. The van der Waals surface area contributed by atoms with Gasteiger partial charge in [0.25, 0.3) is 5.91 Å². The first-order valence-corrected chi connectivity index (χ1v) is 4.15.